The topological polar surface area (TPSA) is 77.3 Å². The van der Waals surface area contributed by atoms with Crippen LogP contribution in [0.1, 0.15) is 12.8 Å². The number of anilines is 2. The van der Waals surface area contributed by atoms with E-state index >= 15 is 0 Å². The number of halogens is 1. The Bertz CT molecular complexity index is 1060. The van der Waals surface area contributed by atoms with Crippen molar-refractivity contribution in [3.05, 3.63) is 47.6 Å². The average Bonchev–Trinajstić information content (AvgIpc) is 3.21. The number of benzene rings is 1. The summed E-state index contributed by atoms with van der Waals surface area (Å²) < 4.78 is 12.8. The summed E-state index contributed by atoms with van der Waals surface area (Å²) in [6.45, 7) is 1.97. The van der Waals surface area contributed by atoms with Gasteiger partial charge in [0.15, 0.2) is 0 Å². The van der Waals surface area contributed by atoms with E-state index in [4.69, 9.17) is 21.1 Å². The maximum atomic E-state index is 6.05. The Morgan fingerprint density at radius 3 is 2.68 bits per heavy atom. The summed E-state index contributed by atoms with van der Waals surface area (Å²) in [6, 6.07) is 12.1. The van der Waals surface area contributed by atoms with Crippen LogP contribution < -0.4 is 19.7 Å². The van der Waals surface area contributed by atoms with E-state index in [0.29, 0.717) is 46.5 Å². The largest absolute Gasteiger partial charge is 0.481 e. The summed E-state index contributed by atoms with van der Waals surface area (Å²) in [5.74, 6) is 2.93. The summed E-state index contributed by atoms with van der Waals surface area (Å²) in [5, 5.41) is 8.72. The Balaban J connectivity index is 1.27. The minimum absolute atomic E-state index is 0.349. The van der Waals surface area contributed by atoms with E-state index in [-0.39, 0.29) is 0 Å². The third-order valence-corrected chi connectivity index (χ3v) is 6.39. The van der Waals surface area contributed by atoms with Crippen molar-refractivity contribution in [3.8, 4) is 17.6 Å². The molecule has 1 N–H and O–H groups in total. The zero-order valence-electron chi connectivity index (χ0n) is 17.5. The van der Waals surface area contributed by atoms with Gasteiger partial charge < -0.3 is 19.7 Å². The molecule has 2 aliphatic rings. The number of hydrogen-bond donors (Lipinski definition) is 1. The standard InChI is InChI=1S/C22H25ClN6O2/c1-28-22(31-18-5-3-4-16(23)10-18)26-21(27-28)25-20-14-6-7-15(20)13-29(12-14)17-8-9-24-19(11-17)30-2/h3-5,8-11,14-15,20H,6-7,12-13H2,1-2H3,(H,25,27)/t14-,15+,20+. The lowest BCUT2D eigenvalue weighted by molar-refractivity contribution is 0.374. The number of ether oxygens (including phenoxy) is 2. The maximum absolute atomic E-state index is 6.05. The molecule has 2 bridgehead atoms. The first-order chi connectivity index (χ1) is 15.1. The van der Waals surface area contributed by atoms with Crippen molar-refractivity contribution in [3.63, 3.8) is 0 Å². The highest BCUT2D eigenvalue weighted by Gasteiger charge is 2.42. The molecule has 0 amide bonds. The predicted octanol–water partition coefficient (Wildman–Crippen LogP) is 3.99. The number of aromatic nitrogens is 4. The van der Waals surface area contributed by atoms with Gasteiger partial charge in [0, 0.05) is 49.2 Å². The molecule has 8 nitrogen and oxygen atoms in total. The van der Waals surface area contributed by atoms with E-state index in [9.17, 15) is 0 Å². The molecule has 2 fully saturated rings. The first-order valence-corrected chi connectivity index (χ1v) is 10.8. The van der Waals surface area contributed by atoms with Crippen molar-refractivity contribution < 1.29 is 9.47 Å². The van der Waals surface area contributed by atoms with Crippen LogP contribution in [0.4, 0.5) is 11.6 Å². The first kappa shape index (κ1) is 19.9. The molecule has 1 saturated carbocycles. The third kappa shape index (κ3) is 4.12. The second-order valence-electron chi connectivity index (χ2n) is 8.13. The van der Waals surface area contributed by atoms with Gasteiger partial charge in [-0.3, -0.25) is 0 Å². The van der Waals surface area contributed by atoms with Crippen LogP contribution in [0.2, 0.25) is 5.02 Å². The fourth-order valence-electron chi connectivity index (χ4n) is 4.68. The van der Waals surface area contributed by atoms with Gasteiger partial charge in [-0.1, -0.05) is 17.7 Å². The van der Waals surface area contributed by atoms with Crippen molar-refractivity contribution in [1.82, 2.24) is 19.7 Å². The van der Waals surface area contributed by atoms with Gasteiger partial charge in [-0.15, -0.1) is 5.10 Å². The van der Waals surface area contributed by atoms with Gasteiger partial charge in [-0.2, -0.15) is 4.98 Å². The van der Waals surface area contributed by atoms with Gasteiger partial charge >= 0.3 is 6.01 Å². The molecule has 1 aliphatic heterocycles. The fraction of sp³-hybridized carbons (Fsp3) is 0.409. The molecule has 0 spiro atoms. The molecule has 3 atom stereocenters. The summed E-state index contributed by atoms with van der Waals surface area (Å²) in [4.78, 5) is 11.2. The van der Waals surface area contributed by atoms with E-state index in [1.165, 1.54) is 12.8 Å². The zero-order valence-corrected chi connectivity index (χ0v) is 18.3. The minimum atomic E-state index is 0.349. The fourth-order valence-corrected chi connectivity index (χ4v) is 4.86. The van der Waals surface area contributed by atoms with Crippen LogP contribution in [0, 0.1) is 11.8 Å². The molecule has 0 unspecified atom stereocenters. The number of pyridine rings is 1. The highest BCUT2D eigenvalue weighted by molar-refractivity contribution is 6.30. The third-order valence-electron chi connectivity index (χ3n) is 6.15. The number of piperidine rings is 1. The Morgan fingerprint density at radius 2 is 1.94 bits per heavy atom. The van der Waals surface area contributed by atoms with Crippen LogP contribution in [0.3, 0.4) is 0 Å². The van der Waals surface area contributed by atoms with E-state index in [1.54, 1.807) is 24.1 Å². The summed E-state index contributed by atoms with van der Waals surface area (Å²) in [7, 11) is 3.47. The Labute approximate surface area is 186 Å². The van der Waals surface area contributed by atoms with Gasteiger partial charge in [0.05, 0.1) is 7.11 Å². The minimum Gasteiger partial charge on any atom is -0.481 e. The van der Waals surface area contributed by atoms with E-state index < -0.39 is 0 Å². The van der Waals surface area contributed by atoms with Gasteiger partial charge in [0.2, 0.25) is 11.8 Å². The number of aryl methyl sites for hydroxylation is 1. The van der Waals surface area contributed by atoms with Crippen molar-refractivity contribution in [2.75, 3.05) is 30.4 Å². The highest BCUT2D eigenvalue weighted by atomic mass is 35.5. The Kier molecular flexibility index (Phi) is 5.31. The van der Waals surface area contributed by atoms with Crippen molar-refractivity contribution >= 4 is 23.2 Å². The van der Waals surface area contributed by atoms with Crippen molar-refractivity contribution in [1.29, 1.82) is 0 Å². The van der Waals surface area contributed by atoms with Crippen LogP contribution in [0.25, 0.3) is 0 Å². The number of fused-ring (bicyclic) bond motifs is 2. The van der Waals surface area contributed by atoms with E-state index in [2.05, 4.69) is 31.3 Å². The lowest BCUT2D eigenvalue weighted by Gasteiger charge is -2.39. The number of nitrogens with zero attached hydrogens (tertiary/aromatic N) is 5. The molecule has 162 valence electrons. The number of nitrogens with one attached hydrogen (secondary N) is 1. The molecule has 9 heteroatoms. The molecule has 3 heterocycles. The van der Waals surface area contributed by atoms with Crippen LogP contribution >= 0.6 is 11.6 Å². The molecular formula is C22H25ClN6O2. The summed E-state index contributed by atoms with van der Waals surface area (Å²) in [5.41, 5.74) is 1.16. The summed E-state index contributed by atoms with van der Waals surface area (Å²) >= 11 is 6.05. The maximum Gasteiger partial charge on any atom is 0.321 e. The Hall–Kier alpha value is -3.00. The SMILES string of the molecule is COc1cc(N2C[C@H]3CC[C@@H](C2)[C@H]3Nc2nc(Oc3cccc(Cl)c3)n(C)n2)ccn1. The number of hydrogen-bond acceptors (Lipinski definition) is 7. The van der Waals surface area contributed by atoms with Gasteiger partial charge in [-0.05, 0) is 48.9 Å². The molecule has 0 radical (unpaired) electrons. The molecule has 3 aromatic rings. The van der Waals surface area contributed by atoms with Gasteiger partial charge in [-0.25, -0.2) is 9.67 Å². The van der Waals surface area contributed by atoms with Gasteiger partial charge in [0.25, 0.3) is 0 Å². The smallest absolute Gasteiger partial charge is 0.321 e. The van der Waals surface area contributed by atoms with E-state index in [1.807, 2.05) is 31.3 Å². The van der Waals surface area contributed by atoms with Crippen LogP contribution in [0.15, 0.2) is 42.6 Å². The first-order valence-electron chi connectivity index (χ1n) is 10.4. The molecular weight excluding hydrogens is 416 g/mol. The number of methoxy groups -OCH3 is 1. The zero-order chi connectivity index (χ0) is 21.4. The molecule has 5 rings (SSSR count). The second-order valence-corrected chi connectivity index (χ2v) is 8.57. The van der Waals surface area contributed by atoms with E-state index in [0.717, 1.165) is 18.8 Å². The van der Waals surface area contributed by atoms with Crippen LogP contribution in [0.5, 0.6) is 17.6 Å². The monoisotopic (exact) mass is 440 g/mol. The normalized spacial score (nSPS) is 22.4. The van der Waals surface area contributed by atoms with Crippen molar-refractivity contribution in [2.24, 2.45) is 18.9 Å². The van der Waals surface area contributed by atoms with Crippen LogP contribution in [-0.4, -0.2) is 46.0 Å². The lowest BCUT2D eigenvalue weighted by Crippen LogP contribution is -2.48. The van der Waals surface area contributed by atoms with Crippen molar-refractivity contribution in [2.45, 2.75) is 18.9 Å². The molecule has 1 saturated heterocycles. The Morgan fingerprint density at radius 1 is 1.13 bits per heavy atom. The lowest BCUT2D eigenvalue weighted by atomic mass is 9.92. The highest BCUT2D eigenvalue weighted by Crippen LogP contribution is 2.40. The molecule has 1 aliphatic carbocycles. The average molecular weight is 441 g/mol. The predicted molar refractivity (Wildman–Crippen MR) is 119 cm³/mol. The van der Waals surface area contributed by atoms with Gasteiger partial charge in [0.1, 0.15) is 5.75 Å². The quantitative estimate of drug-likeness (QED) is 0.620. The molecule has 2 aromatic heterocycles. The number of rotatable bonds is 6. The molecule has 1 aromatic carbocycles. The summed E-state index contributed by atoms with van der Waals surface area (Å²) in [6.07, 6.45) is 4.19. The second kappa shape index (κ2) is 8.26. The van der Waals surface area contributed by atoms with Crippen LogP contribution in [-0.2, 0) is 7.05 Å². The molecule has 31 heavy (non-hydrogen) atoms.